The van der Waals surface area contributed by atoms with Gasteiger partial charge in [0.05, 0.1) is 39.8 Å². The lowest BCUT2D eigenvalue weighted by Gasteiger charge is -2.13. The molecule has 0 spiro atoms. The summed E-state index contributed by atoms with van der Waals surface area (Å²) in [6.07, 6.45) is 2.52. The number of aromatic amines is 1. The molecule has 0 radical (unpaired) electrons. The van der Waals surface area contributed by atoms with Crippen molar-refractivity contribution in [3.63, 3.8) is 0 Å². The molecule has 2 aromatic heterocycles. The van der Waals surface area contributed by atoms with Crippen LogP contribution < -0.4 is 24.3 Å². The van der Waals surface area contributed by atoms with Crippen LogP contribution in [0.2, 0.25) is 0 Å². The average molecular weight is 402 g/mol. The number of H-pyrrole nitrogens is 1. The Kier molecular flexibility index (Phi) is 6.35. The maximum absolute atomic E-state index is 11.9. The molecule has 0 bridgehead atoms. The molecule has 154 valence electrons. The Labute approximate surface area is 167 Å². The third-order valence-corrected chi connectivity index (χ3v) is 4.08. The maximum Gasteiger partial charge on any atom is 0.412 e. The van der Waals surface area contributed by atoms with Crippen LogP contribution in [0.4, 0.5) is 4.79 Å². The number of benzene rings is 1. The molecule has 2 N–H and O–H groups in total. The first-order valence-electron chi connectivity index (χ1n) is 8.70. The van der Waals surface area contributed by atoms with Gasteiger partial charge in [0.1, 0.15) is 0 Å². The highest BCUT2D eigenvalue weighted by Crippen LogP contribution is 2.41. The van der Waals surface area contributed by atoms with Crippen molar-refractivity contribution in [2.45, 2.75) is 0 Å². The predicted octanol–water partition coefficient (Wildman–Crippen LogP) is 2.39. The second-order valence-corrected chi connectivity index (χ2v) is 5.83. The fourth-order valence-corrected chi connectivity index (χ4v) is 2.71. The average Bonchev–Trinajstić information content (AvgIpc) is 3.14. The zero-order chi connectivity index (χ0) is 20.8. The zero-order valence-electron chi connectivity index (χ0n) is 16.6. The second kappa shape index (κ2) is 9.11. The highest BCUT2D eigenvalue weighted by atomic mass is 16.6. The van der Waals surface area contributed by atoms with Crippen LogP contribution >= 0.6 is 0 Å². The van der Waals surface area contributed by atoms with Crippen molar-refractivity contribution in [3.8, 4) is 34.3 Å². The summed E-state index contributed by atoms with van der Waals surface area (Å²) in [4.78, 5) is 23.8. The number of carbonyl (C=O) groups is 1. The lowest BCUT2D eigenvalue weighted by Crippen LogP contribution is -2.29. The van der Waals surface area contributed by atoms with Crippen LogP contribution in [0, 0.1) is 0 Å². The third kappa shape index (κ3) is 4.32. The molecule has 2 heterocycles. The summed E-state index contributed by atoms with van der Waals surface area (Å²) in [5.74, 6) is 1.72. The highest BCUT2D eigenvalue weighted by Gasteiger charge is 2.17. The fourth-order valence-electron chi connectivity index (χ4n) is 2.71. The van der Waals surface area contributed by atoms with E-state index in [1.165, 1.54) is 27.5 Å². The van der Waals surface area contributed by atoms with Crippen LogP contribution in [-0.4, -0.2) is 62.6 Å². The summed E-state index contributed by atoms with van der Waals surface area (Å²) >= 11 is 0. The van der Waals surface area contributed by atoms with Crippen LogP contribution in [0.1, 0.15) is 0 Å². The summed E-state index contributed by atoms with van der Waals surface area (Å²) in [7, 11) is 6.16. The number of rotatable bonds is 8. The van der Waals surface area contributed by atoms with Gasteiger partial charge in [-0.05, 0) is 12.1 Å². The minimum absolute atomic E-state index is 0.261. The fraction of sp³-hybridized carbons (Fsp3) is 0.316. The largest absolute Gasteiger partial charge is 0.493 e. The first kappa shape index (κ1) is 20.2. The van der Waals surface area contributed by atoms with E-state index in [0.717, 1.165) is 0 Å². The van der Waals surface area contributed by atoms with E-state index in [0.29, 0.717) is 52.8 Å². The maximum atomic E-state index is 11.9. The monoisotopic (exact) mass is 402 g/mol. The van der Waals surface area contributed by atoms with Gasteiger partial charge in [0.15, 0.2) is 28.4 Å². The quantitative estimate of drug-likeness (QED) is 0.552. The minimum atomic E-state index is -0.608. The molecule has 3 aromatic rings. The Morgan fingerprint density at radius 1 is 1.07 bits per heavy atom. The molecule has 0 atom stereocenters. The van der Waals surface area contributed by atoms with Gasteiger partial charge in [-0.3, -0.25) is 0 Å². The van der Waals surface area contributed by atoms with Crippen LogP contribution in [0.25, 0.3) is 22.4 Å². The number of methoxy groups -OCH3 is 4. The van der Waals surface area contributed by atoms with Gasteiger partial charge in [0.25, 0.3) is 0 Å². The van der Waals surface area contributed by atoms with Crippen molar-refractivity contribution in [1.29, 1.82) is 0 Å². The Hall–Kier alpha value is -3.53. The Balaban J connectivity index is 1.94. The topological polar surface area (TPSA) is 117 Å². The van der Waals surface area contributed by atoms with Crippen molar-refractivity contribution in [3.05, 3.63) is 24.5 Å². The van der Waals surface area contributed by atoms with Gasteiger partial charge in [0, 0.05) is 25.4 Å². The number of carbonyl (C=O) groups excluding carboxylic acids is 1. The van der Waals surface area contributed by atoms with Crippen molar-refractivity contribution in [2.24, 2.45) is 0 Å². The number of fused-ring (bicyclic) bond motifs is 1. The van der Waals surface area contributed by atoms with Crippen LogP contribution in [-0.2, 0) is 4.74 Å². The molecule has 10 heteroatoms. The highest BCUT2D eigenvalue weighted by molar-refractivity contribution is 5.84. The molecular formula is C19H22N4O6. The van der Waals surface area contributed by atoms with E-state index < -0.39 is 6.09 Å². The van der Waals surface area contributed by atoms with Crippen LogP contribution in [0.3, 0.4) is 0 Å². The second-order valence-electron chi connectivity index (χ2n) is 5.83. The van der Waals surface area contributed by atoms with Gasteiger partial charge >= 0.3 is 6.09 Å². The van der Waals surface area contributed by atoms with E-state index in [1.807, 2.05) is 0 Å². The number of nitrogens with zero attached hydrogens (tertiary/aromatic N) is 2. The normalized spacial score (nSPS) is 10.6. The molecule has 0 saturated carbocycles. The molecule has 0 aliphatic heterocycles. The van der Waals surface area contributed by atoms with Gasteiger partial charge in [-0.1, -0.05) is 0 Å². The van der Waals surface area contributed by atoms with Gasteiger partial charge in [0.2, 0.25) is 5.75 Å². The zero-order valence-corrected chi connectivity index (χ0v) is 16.6. The molecule has 0 saturated heterocycles. The van der Waals surface area contributed by atoms with Crippen molar-refractivity contribution in [1.82, 2.24) is 20.3 Å². The summed E-state index contributed by atoms with van der Waals surface area (Å²) in [6.45, 7) is 0.716. The Bertz CT molecular complexity index is 979. The molecule has 1 amide bonds. The summed E-state index contributed by atoms with van der Waals surface area (Å²) < 4.78 is 26.3. The van der Waals surface area contributed by atoms with Crippen molar-refractivity contribution in [2.75, 3.05) is 41.6 Å². The first-order valence-corrected chi connectivity index (χ1v) is 8.70. The van der Waals surface area contributed by atoms with E-state index in [-0.39, 0.29) is 5.75 Å². The molecule has 0 unspecified atom stereocenters. The number of aromatic nitrogens is 3. The predicted molar refractivity (Wildman–Crippen MR) is 105 cm³/mol. The van der Waals surface area contributed by atoms with Gasteiger partial charge in [-0.25, -0.2) is 14.8 Å². The van der Waals surface area contributed by atoms with E-state index in [2.05, 4.69) is 20.3 Å². The summed E-state index contributed by atoms with van der Waals surface area (Å²) in [6, 6.07) is 3.53. The standard InChI is InChI=1S/C19H22N4O6/c1-25-6-5-20-19(24)29-15-10-22-18-16(15)23-12(9-21-18)11-7-13(26-2)17(28-4)14(8-11)27-3/h7-10H,5-6H2,1-4H3,(H,20,24)(H,21,22). The molecule has 1 aromatic carbocycles. The van der Waals surface area contributed by atoms with Crippen LogP contribution in [0.5, 0.6) is 23.0 Å². The Morgan fingerprint density at radius 2 is 1.79 bits per heavy atom. The Morgan fingerprint density at radius 3 is 2.41 bits per heavy atom. The lowest BCUT2D eigenvalue weighted by molar-refractivity contribution is 0.180. The minimum Gasteiger partial charge on any atom is -0.493 e. The molecule has 29 heavy (non-hydrogen) atoms. The third-order valence-electron chi connectivity index (χ3n) is 4.08. The van der Waals surface area contributed by atoms with Gasteiger partial charge in [-0.2, -0.15) is 0 Å². The van der Waals surface area contributed by atoms with Crippen molar-refractivity contribution < 1.29 is 28.5 Å². The number of hydrogen-bond donors (Lipinski definition) is 2. The van der Waals surface area contributed by atoms with Crippen molar-refractivity contribution >= 4 is 17.3 Å². The smallest absolute Gasteiger partial charge is 0.412 e. The lowest BCUT2D eigenvalue weighted by atomic mass is 10.1. The van der Waals surface area contributed by atoms with E-state index in [4.69, 9.17) is 23.7 Å². The molecule has 0 aliphatic rings. The number of hydrogen-bond acceptors (Lipinski definition) is 8. The first-order chi connectivity index (χ1) is 14.1. The summed E-state index contributed by atoms with van der Waals surface area (Å²) in [5.41, 5.74) is 2.14. The molecule has 0 aliphatic carbocycles. The van der Waals surface area contributed by atoms with Gasteiger partial charge in [-0.15, -0.1) is 0 Å². The number of amides is 1. The van der Waals surface area contributed by atoms with E-state index in [1.54, 1.807) is 25.4 Å². The van der Waals surface area contributed by atoms with Gasteiger partial charge < -0.3 is 34.0 Å². The van der Waals surface area contributed by atoms with Crippen LogP contribution in [0.15, 0.2) is 24.5 Å². The summed E-state index contributed by atoms with van der Waals surface area (Å²) in [5, 5.41) is 2.58. The van der Waals surface area contributed by atoms with E-state index in [9.17, 15) is 4.79 Å². The SMILES string of the molecule is COCCNC(=O)Oc1c[nH]c2ncc(-c3cc(OC)c(OC)c(OC)c3)nc12. The number of nitrogens with one attached hydrogen (secondary N) is 2. The van der Waals surface area contributed by atoms with E-state index >= 15 is 0 Å². The number of ether oxygens (including phenoxy) is 5. The molecular weight excluding hydrogens is 380 g/mol. The molecule has 0 fully saturated rings. The molecule has 10 nitrogen and oxygen atoms in total. The molecule has 3 rings (SSSR count).